The van der Waals surface area contributed by atoms with Gasteiger partial charge in [-0.3, -0.25) is 0 Å². The Balaban J connectivity index is 3.23. The predicted octanol–water partition coefficient (Wildman–Crippen LogP) is 0.864. The Kier molecular flexibility index (Phi) is 4.16. The van der Waals surface area contributed by atoms with E-state index in [4.69, 9.17) is 10.5 Å². The van der Waals surface area contributed by atoms with Gasteiger partial charge in [-0.2, -0.15) is 14.8 Å². The molecular weight excluding hydrogens is 245 g/mol. The molecule has 17 heavy (non-hydrogen) atoms. The van der Waals surface area contributed by atoms with Crippen molar-refractivity contribution in [1.29, 1.82) is 10.5 Å². The molecule has 0 radical (unpaired) electrons. The van der Waals surface area contributed by atoms with Gasteiger partial charge < -0.3 is 0 Å². The van der Waals surface area contributed by atoms with Gasteiger partial charge in [0, 0.05) is 0 Å². The zero-order chi connectivity index (χ0) is 12.9. The third kappa shape index (κ3) is 2.78. The van der Waals surface area contributed by atoms with E-state index in [1.165, 1.54) is 12.1 Å². The van der Waals surface area contributed by atoms with Crippen LogP contribution in [0.25, 0.3) is 0 Å². The number of rotatable bonds is 4. The SMILES string of the molecule is N#CCN(CC#N)S(=O)(=O)c1ccccc1F. The summed E-state index contributed by atoms with van der Waals surface area (Å²) in [5.74, 6) is -0.909. The molecule has 0 atom stereocenters. The fraction of sp³-hybridized carbons (Fsp3) is 0.200. The lowest BCUT2D eigenvalue weighted by molar-refractivity contribution is 0.471. The van der Waals surface area contributed by atoms with Crippen molar-refractivity contribution in [3.8, 4) is 12.1 Å². The first-order valence-electron chi connectivity index (χ1n) is 4.52. The van der Waals surface area contributed by atoms with Crippen molar-refractivity contribution >= 4 is 10.0 Å². The highest BCUT2D eigenvalue weighted by Crippen LogP contribution is 2.18. The summed E-state index contributed by atoms with van der Waals surface area (Å²) in [6.07, 6.45) is 0. The standard InChI is InChI=1S/C10H8FN3O2S/c11-9-3-1-2-4-10(9)17(15,16)14(7-5-12)8-6-13/h1-4H,7-8H2. The third-order valence-corrected chi connectivity index (χ3v) is 3.77. The van der Waals surface area contributed by atoms with Crippen LogP contribution in [0.5, 0.6) is 0 Å². The molecule has 7 heteroatoms. The summed E-state index contributed by atoms with van der Waals surface area (Å²) >= 11 is 0. The Bertz CT molecular complexity index is 570. The van der Waals surface area contributed by atoms with Crippen LogP contribution in [0.4, 0.5) is 4.39 Å². The van der Waals surface area contributed by atoms with Crippen molar-refractivity contribution in [3.63, 3.8) is 0 Å². The van der Waals surface area contributed by atoms with Crippen LogP contribution in [0, 0.1) is 28.5 Å². The Morgan fingerprint density at radius 2 is 1.71 bits per heavy atom. The fourth-order valence-electron chi connectivity index (χ4n) is 1.18. The molecule has 1 rings (SSSR count). The summed E-state index contributed by atoms with van der Waals surface area (Å²) in [5, 5.41) is 17.0. The average Bonchev–Trinajstić information content (AvgIpc) is 2.29. The van der Waals surface area contributed by atoms with E-state index in [9.17, 15) is 12.8 Å². The van der Waals surface area contributed by atoms with Crippen LogP contribution in [-0.4, -0.2) is 25.8 Å². The zero-order valence-corrected chi connectivity index (χ0v) is 9.48. The van der Waals surface area contributed by atoms with E-state index >= 15 is 0 Å². The second kappa shape index (κ2) is 5.39. The van der Waals surface area contributed by atoms with Crippen LogP contribution >= 0.6 is 0 Å². The normalized spacial score (nSPS) is 10.8. The van der Waals surface area contributed by atoms with Crippen LogP contribution in [0.1, 0.15) is 0 Å². The summed E-state index contributed by atoms with van der Waals surface area (Å²) in [7, 11) is -4.14. The summed E-state index contributed by atoms with van der Waals surface area (Å²) in [6, 6.07) is 8.06. The van der Waals surface area contributed by atoms with E-state index in [2.05, 4.69) is 0 Å². The first-order valence-corrected chi connectivity index (χ1v) is 5.96. The lowest BCUT2D eigenvalue weighted by Crippen LogP contribution is -2.32. The van der Waals surface area contributed by atoms with Gasteiger partial charge in [-0.15, -0.1) is 0 Å². The van der Waals surface area contributed by atoms with Crippen LogP contribution in [0.15, 0.2) is 29.2 Å². The van der Waals surface area contributed by atoms with Gasteiger partial charge >= 0.3 is 0 Å². The first-order chi connectivity index (χ1) is 8.04. The maximum Gasteiger partial charge on any atom is 0.247 e. The second-order valence-corrected chi connectivity index (χ2v) is 4.93. The zero-order valence-electron chi connectivity index (χ0n) is 8.67. The summed E-state index contributed by atoms with van der Waals surface area (Å²) in [5.41, 5.74) is 0. The first kappa shape index (κ1) is 13.1. The van der Waals surface area contributed by atoms with Crippen molar-refractivity contribution in [2.24, 2.45) is 0 Å². The van der Waals surface area contributed by atoms with Crippen LogP contribution in [0.2, 0.25) is 0 Å². The minimum atomic E-state index is -4.14. The minimum Gasteiger partial charge on any atom is -0.207 e. The van der Waals surface area contributed by atoms with Crippen LogP contribution in [0.3, 0.4) is 0 Å². The molecule has 0 aliphatic rings. The Morgan fingerprint density at radius 3 is 2.18 bits per heavy atom. The number of nitrogens with zero attached hydrogens (tertiary/aromatic N) is 3. The molecule has 0 bridgehead atoms. The molecule has 0 N–H and O–H groups in total. The quantitative estimate of drug-likeness (QED) is 0.745. The van der Waals surface area contributed by atoms with Crippen LogP contribution in [-0.2, 0) is 10.0 Å². The van der Waals surface area contributed by atoms with Crippen molar-refractivity contribution in [3.05, 3.63) is 30.1 Å². The van der Waals surface area contributed by atoms with E-state index in [1.54, 1.807) is 12.1 Å². The molecule has 0 spiro atoms. The highest BCUT2D eigenvalue weighted by atomic mass is 32.2. The molecule has 88 valence electrons. The predicted molar refractivity (Wildman–Crippen MR) is 56.4 cm³/mol. The molecule has 0 amide bonds. The lowest BCUT2D eigenvalue weighted by Gasteiger charge is -2.15. The summed E-state index contributed by atoms with van der Waals surface area (Å²) in [6.45, 7) is -0.992. The second-order valence-electron chi connectivity index (χ2n) is 3.02. The highest BCUT2D eigenvalue weighted by molar-refractivity contribution is 7.89. The smallest absolute Gasteiger partial charge is 0.207 e. The lowest BCUT2D eigenvalue weighted by atomic mass is 10.4. The van der Waals surface area contributed by atoms with Gasteiger partial charge in [0.05, 0.1) is 12.1 Å². The molecule has 0 aliphatic heterocycles. The van der Waals surface area contributed by atoms with Crippen molar-refractivity contribution in [2.75, 3.05) is 13.1 Å². The van der Waals surface area contributed by atoms with Crippen LogP contribution < -0.4 is 0 Å². The van der Waals surface area contributed by atoms with E-state index in [0.29, 0.717) is 4.31 Å². The molecule has 1 aromatic rings. The highest BCUT2D eigenvalue weighted by Gasteiger charge is 2.26. The molecular formula is C10H8FN3O2S. The van der Waals surface area contributed by atoms with Gasteiger partial charge in [-0.1, -0.05) is 12.1 Å². The molecule has 1 aromatic carbocycles. The number of benzene rings is 1. The fourth-order valence-corrected chi connectivity index (χ4v) is 2.48. The van der Waals surface area contributed by atoms with Gasteiger partial charge in [0.15, 0.2) is 0 Å². The van der Waals surface area contributed by atoms with Gasteiger partial charge in [0.2, 0.25) is 10.0 Å². The molecule has 0 heterocycles. The van der Waals surface area contributed by atoms with Gasteiger partial charge in [0.1, 0.15) is 23.8 Å². The number of sulfonamides is 1. The molecule has 0 saturated heterocycles. The van der Waals surface area contributed by atoms with E-state index in [-0.39, 0.29) is 0 Å². The largest absolute Gasteiger partial charge is 0.247 e. The Hall–Kier alpha value is -1.96. The van der Waals surface area contributed by atoms with Crippen molar-refractivity contribution < 1.29 is 12.8 Å². The van der Waals surface area contributed by atoms with Gasteiger partial charge in [-0.05, 0) is 12.1 Å². The number of nitriles is 2. The monoisotopic (exact) mass is 253 g/mol. The maximum atomic E-state index is 13.4. The summed E-state index contributed by atoms with van der Waals surface area (Å²) in [4.78, 5) is -0.537. The number of hydrogen-bond donors (Lipinski definition) is 0. The van der Waals surface area contributed by atoms with E-state index < -0.39 is 33.8 Å². The van der Waals surface area contributed by atoms with Crippen molar-refractivity contribution in [1.82, 2.24) is 4.31 Å². The number of hydrogen-bond acceptors (Lipinski definition) is 4. The molecule has 0 aliphatic carbocycles. The van der Waals surface area contributed by atoms with Gasteiger partial charge in [-0.25, -0.2) is 12.8 Å². The van der Waals surface area contributed by atoms with E-state index in [1.807, 2.05) is 0 Å². The van der Waals surface area contributed by atoms with E-state index in [0.717, 1.165) is 12.1 Å². The molecule has 0 fully saturated rings. The van der Waals surface area contributed by atoms with Crippen molar-refractivity contribution in [2.45, 2.75) is 4.90 Å². The Morgan fingerprint density at radius 1 is 1.18 bits per heavy atom. The summed E-state index contributed by atoms with van der Waals surface area (Å²) < 4.78 is 37.8. The average molecular weight is 253 g/mol. The molecule has 0 aromatic heterocycles. The number of halogens is 1. The minimum absolute atomic E-state index is 0.496. The molecule has 5 nitrogen and oxygen atoms in total. The maximum absolute atomic E-state index is 13.4. The topological polar surface area (TPSA) is 85.0 Å². The third-order valence-electron chi connectivity index (χ3n) is 1.95. The van der Waals surface area contributed by atoms with Gasteiger partial charge in [0.25, 0.3) is 0 Å². The molecule has 0 unspecified atom stereocenters. The molecule has 0 saturated carbocycles. The Labute approximate surface area is 98.4 Å².